The van der Waals surface area contributed by atoms with Crippen molar-refractivity contribution < 1.29 is 27.2 Å². The third-order valence-corrected chi connectivity index (χ3v) is 5.51. The number of hydrogen-bond donors (Lipinski definition) is 2. The van der Waals surface area contributed by atoms with Crippen molar-refractivity contribution in [3.8, 4) is 0 Å². The topological polar surface area (TPSA) is 94.1 Å². The van der Waals surface area contributed by atoms with Gasteiger partial charge in [0.1, 0.15) is 12.2 Å². The van der Waals surface area contributed by atoms with Gasteiger partial charge in [-0.15, -0.1) is 0 Å². The fourth-order valence-electron chi connectivity index (χ4n) is 2.99. The quantitative estimate of drug-likeness (QED) is 0.743. The number of ether oxygens (including phenoxy) is 2. The second-order valence-corrected chi connectivity index (χ2v) is 8.11. The van der Waals surface area contributed by atoms with Crippen molar-refractivity contribution in [2.24, 2.45) is 0 Å². The summed E-state index contributed by atoms with van der Waals surface area (Å²) >= 11 is 0. The molecular weight excluding hydrogens is 334 g/mol. The summed E-state index contributed by atoms with van der Waals surface area (Å²) in [5.74, 6) is 0. The second kappa shape index (κ2) is 6.70. The Labute approximate surface area is 142 Å². The molecule has 5 atom stereocenters. The van der Waals surface area contributed by atoms with E-state index in [1.807, 2.05) is 20.8 Å². The molecule has 0 spiro atoms. The summed E-state index contributed by atoms with van der Waals surface area (Å²) in [6, 6.07) is 5.97. The van der Waals surface area contributed by atoms with Crippen molar-refractivity contribution in [1.29, 1.82) is 0 Å². The first-order chi connectivity index (χ1) is 11.3. The molecule has 0 aromatic heterocycles. The minimum absolute atomic E-state index is 0.0359. The average molecular weight is 357 g/mol. The fraction of sp³-hybridized carbons (Fsp3) is 0.625. The van der Waals surface area contributed by atoms with Crippen LogP contribution in [0.5, 0.6) is 0 Å². The molecular formula is C16H23NO6S. The number of rotatable bonds is 5. The van der Waals surface area contributed by atoms with Crippen LogP contribution in [0.1, 0.15) is 19.4 Å². The predicted molar refractivity (Wildman–Crippen MR) is 85.9 cm³/mol. The Morgan fingerprint density at radius 3 is 2.58 bits per heavy atom. The highest BCUT2D eigenvalue weighted by Crippen LogP contribution is 2.32. The van der Waals surface area contributed by atoms with Crippen LogP contribution in [-0.4, -0.2) is 56.8 Å². The Morgan fingerprint density at radius 1 is 1.29 bits per heavy atom. The molecule has 7 nitrogen and oxygen atoms in total. The smallest absolute Gasteiger partial charge is 0.297 e. The van der Waals surface area contributed by atoms with E-state index in [-0.39, 0.29) is 23.6 Å². The Morgan fingerprint density at radius 2 is 1.96 bits per heavy atom. The van der Waals surface area contributed by atoms with E-state index in [1.165, 1.54) is 12.1 Å². The summed E-state index contributed by atoms with van der Waals surface area (Å²) in [4.78, 5) is 0.0359. The van der Waals surface area contributed by atoms with Crippen LogP contribution in [0, 0.1) is 6.92 Å². The zero-order valence-corrected chi connectivity index (χ0v) is 14.7. The minimum Gasteiger partial charge on any atom is -0.388 e. The third-order valence-electron chi connectivity index (χ3n) is 4.18. The van der Waals surface area contributed by atoms with Crippen molar-refractivity contribution in [3.63, 3.8) is 0 Å². The van der Waals surface area contributed by atoms with E-state index in [1.54, 1.807) is 12.1 Å². The summed E-state index contributed by atoms with van der Waals surface area (Å²) in [6.07, 6.45) is -3.39. The molecule has 3 rings (SSSR count). The zero-order valence-electron chi connectivity index (χ0n) is 13.9. The van der Waals surface area contributed by atoms with Crippen LogP contribution in [-0.2, 0) is 23.8 Å². The number of aliphatic hydroxyl groups is 1. The van der Waals surface area contributed by atoms with Crippen molar-refractivity contribution in [2.45, 2.75) is 62.4 Å². The van der Waals surface area contributed by atoms with E-state index >= 15 is 0 Å². The molecule has 1 aromatic rings. The van der Waals surface area contributed by atoms with Gasteiger partial charge in [-0.05, 0) is 19.1 Å². The van der Waals surface area contributed by atoms with Crippen molar-refractivity contribution >= 4 is 10.1 Å². The summed E-state index contributed by atoms with van der Waals surface area (Å²) in [5, 5.41) is 13.8. The molecule has 0 amide bonds. The third kappa shape index (κ3) is 3.49. The monoisotopic (exact) mass is 357 g/mol. The maximum atomic E-state index is 12.5. The molecule has 2 fully saturated rings. The maximum absolute atomic E-state index is 12.5. The molecule has 1 aromatic carbocycles. The molecule has 134 valence electrons. The molecule has 0 unspecified atom stereocenters. The fourth-order valence-corrected chi connectivity index (χ4v) is 4.06. The second-order valence-electron chi connectivity index (χ2n) is 6.54. The normalized spacial score (nSPS) is 33.1. The number of aryl methyl sites for hydroxylation is 1. The Balaban J connectivity index is 1.81. The zero-order chi connectivity index (χ0) is 17.5. The Hall–Kier alpha value is -1.03. The van der Waals surface area contributed by atoms with Crippen LogP contribution in [0.3, 0.4) is 0 Å². The van der Waals surface area contributed by atoms with Crippen molar-refractivity contribution in [1.82, 2.24) is 5.32 Å². The number of aliphatic hydroxyl groups excluding tert-OH is 1. The van der Waals surface area contributed by atoms with Crippen LogP contribution in [0.15, 0.2) is 29.2 Å². The van der Waals surface area contributed by atoms with Crippen LogP contribution in [0.2, 0.25) is 0 Å². The van der Waals surface area contributed by atoms with Gasteiger partial charge in [0.25, 0.3) is 10.1 Å². The largest absolute Gasteiger partial charge is 0.388 e. The Kier molecular flexibility index (Phi) is 4.96. The SMILES string of the molecule is Cc1ccc(S(=O)(=O)O[C@H]2[C@H]3OC[C@H](O3)[C@@H](NC(C)C)[C@H]2O)cc1. The highest BCUT2D eigenvalue weighted by atomic mass is 32.2. The molecule has 0 saturated carbocycles. The summed E-state index contributed by atoms with van der Waals surface area (Å²) < 4.78 is 41.4. The van der Waals surface area contributed by atoms with E-state index in [9.17, 15) is 13.5 Å². The van der Waals surface area contributed by atoms with Gasteiger partial charge >= 0.3 is 0 Å². The lowest BCUT2D eigenvalue weighted by Gasteiger charge is -2.38. The van der Waals surface area contributed by atoms with Crippen molar-refractivity contribution in [2.75, 3.05) is 6.61 Å². The number of nitrogens with one attached hydrogen (secondary N) is 1. The van der Waals surface area contributed by atoms with Crippen molar-refractivity contribution in [3.05, 3.63) is 29.8 Å². The molecule has 2 aliphatic heterocycles. The standard InChI is InChI=1S/C16H23NO6S/c1-9(2)17-13-12-8-21-16(22-12)15(14(13)18)23-24(19,20)11-6-4-10(3)5-7-11/h4-7,9,12-18H,8H2,1-3H3/t12-,13+,14+,15+,16-/m0/s1. The Bertz CT molecular complexity index is 674. The summed E-state index contributed by atoms with van der Waals surface area (Å²) in [6.45, 7) is 6.03. The van der Waals surface area contributed by atoms with Crippen LogP contribution in [0.25, 0.3) is 0 Å². The van der Waals surface area contributed by atoms with E-state index in [4.69, 9.17) is 13.7 Å². The van der Waals surface area contributed by atoms with E-state index in [0.717, 1.165) is 5.56 Å². The minimum atomic E-state index is -4.03. The first-order valence-corrected chi connectivity index (χ1v) is 9.40. The first kappa shape index (κ1) is 17.8. The highest BCUT2D eigenvalue weighted by molar-refractivity contribution is 7.86. The lowest BCUT2D eigenvalue weighted by Crippen LogP contribution is -2.61. The van der Waals surface area contributed by atoms with Gasteiger partial charge in [0.2, 0.25) is 0 Å². The summed E-state index contributed by atoms with van der Waals surface area (Å²) in [7, 11) is -4.03. The highest BCUT2D eigenvalue weighted by Gasteiger charge is 2.52. The number of fused-ring (bicyclic) bond motifs is 2. The molecule has 2 bridgehead atoms. The van der Waals surface area contributed by atoms with Gasteiger partial charge in [-0.2, -0.15) is 8.42 Å². The van der Waals surface area contributed by atoms with Gasteiger partial charge < -0.3 is 19.9 Å². The lowest BCUT2D eigenvalue weighted by atomic mass is 9.97. The van der Waals surface area contributed by atoms with Crippen LogP contribution in [0.4, 0.5) is 0 Å². The maximum Gasteiger partial charge on any atom is 0.297 e. The molecule has 0 radical (unpaired) electrons. The number of benzene rings is 1. The molecule has 24 heavy (non-hydrogen) atoms. The molecule has 2 N–H and O–H groups in total. The van der Waals surface area contributed by atoms with E-state index in [0.29, 0.717) is 0 Å². The first-order valence-electron chi connectivity index (χ1n) is 7.99. The molecule has 0 aliphatic carbocycles. The van der Waals surface area contributed by atoms with E-state index in [2.05, 4.69) is 5.32 Å². The summed E-state index contributed by atoms with van der Waals surface area (Å²) in [5.41, 5.74) is 0.943. The van der Waals surface area contributed by atoms with Gasteiger partial charge in [-0.25, -0.2) is 0 Å². The van der Waals surface area contributed by atoms with Gasteiger partial charge in [0, 0.05) is 6.04 Å². The lowest BCUT2D eigenvalue weighted by molar-refractivity contribution is -0.193. The molecule has 2 aliphatic rings. The van der Waals surface area contributed by atoms with Gasteiger partial charge in [-0.1, -0.05) is 31.5 Å². The van der Waals surface area contributed by atoms with Gasteiger partial charge in [-0.3, -0.25) is 4.18 Å². The van der Waals surface area contributed by atoms with Crippen LogP contribution >= 0.6 is 0 Å². The van der Waals surface area contributed by atoms with Gasteiger partial charge in [0.15, 0.2) is 12.4 Å². The van der Waals surface area contributed by atoms with E-state index < -0.39 is 34.7 Å². The molecule has 8 heteroatoms. The van der Waals surface area contributed by atoms with Gasteiger partial charge in [0.05, 0.1) is 17.5 Å². The van der Waals surface area contributed by atoms with Crippen LogP contribution < -0.4 is 5.32 Å². The predicted octanol–water partition coefficient (Wildman–Crippen LogP) is 0.552. The number of hydrogen-bond acceptors (Lipinski definition) is 7. The molecule has 2 heterocycles. The average Bonchev–Trinajstić information content (AvgIpc) is 2.95. The molecule has 2 saturated heterocycles.